The molecule has 2 aromatic heterocycles. The fourth-order valence-corrected chi connectivity index (χ4v) is 5.31. The number of hydrogen-bond donors (Lipinski definition) is 0. The minimum absolute atomic E-state index is 0.0131. The van der Waals surface area contributed by atoms with E-state index < -0.39 is 0 Å². The summed E-state index contributed by atoms with van der Waals surface area (Å²) in [5.41, 5.74) is 4.02. The van der Waals surface area contributed by atoms with Crippen molar-refractivity contribution < 1.29 is 4.79 Å². The molecule has 0 radical (unpaired) electrons. The second kappa shape index (κ2) is 8.55. The molecule has 160 valence electrons. The summed E-state index contributed by atoms with van der Waals surface area (Å²) in [6.45, 7) is 5.55. The Balaban J connectivity index is 1.54. The zero-order chi connectivity index (χ0) is 22.1. The molecule has 0 unspecified atom stereocenters. The molecule has 0 saturated carbocycles. The van der Waals surface area contributed by atoms with Gasteiger partial charge in [-0.15, -0.1) is 0 Å². The molecule has 0 fully saturated rings. The Morgan fingerprint density at radius 2 is 1.94 bits per heavy atom. The van der Waals surface area contributed by atoms with Crippen molar-refractivity contribution >= 4 is 43.4 Å². The number of amides is 1. The van der Waals surface area contributed by atoms with E-state index in [1.807, 2.05) is 58.1 Å². The number of carbonyl (C=O) groups excluding carboxylic acids is 1. The van der Waals surface area contributed by atoms with Gasteiger partial charge in [-0.2, -0.15) is 0 Å². The minimum Gasteiger partial charge on any atom is -0.337 e. The smallest absolute Gasteiger partial charge is 0.260 e. The van der Waals surface area contributed by atoms with Gasteiger partial charge in [0, 0.05) is 31.0 Å². The Bertz CT molecular complexity index is 1400. The zero-order valence-electron chi connectivity index (χ0n) is 18.2. The van der Waals surface area contributed by atoms with E-state index in [0.29, 0.717) is 12.1 Å². The minimum atomic E-state index is -0.0131. The van der Waals surface area contributed by atoms with Crippen LogP contribution < -0.4 is 4.90 Å². The van der Waals surface area contributed by atoms with E-state index in [4.69, 9.17) is 4.98 Å². The van der Waals surface area contributed by atoms with Gasteiger partial charge in [0.1, 0.15) is 0 Å². The topological polar surface area (TPSA) is 51.0 Å². The van der Waals surface area contributed by atoms with Crippen LogP contribution in [-0.2, 0) is 6.54 Å². The van der Waals surface area contributed by atoms with Crippen LogP contribution in [0.1, 0.15) is 27.9 Å². The Morgan fingerprint density at radius 1 is 1.09 bits per heavy atom. The highest BCUT2D eigenvalue weighted by Crippen LogP contribution is 2.33. The van der Waals surface area contributed by atoms with Crippen LogP contribution in [0.15, 0.2) is 73.3 Å². The van der Waals surface area contributed by atoms with E-state index in [9.17, 15) is 4.79 Å². The van der Waals surface area contributed by atoms with E-state index in [0.717, 1.165) is 44.6 Å². The van der Waals surface area contributed by atoms with Gasteiger partial charge in [0.05, 0.1) is 16.5 Å². The maximum Gasteiger partial charge on any atom is 0.260 e. The lowest BCUT2D eigenvalue weighted by Gasteiger charge is -2.21. The quantitative estimate of drug-likeness (QED) is 0.325. The highest BCUT2D eigenvalue weighted by molar-refractivity contribution is 7.22. The fraction of sp³-hybridized carbons (Fsp3) is 0.192. The van der Waals surface area contributed by atoms with Crippen molar-refractivity contribution in [2.45, 2.75) is 26.8 Å². The predicted octanol–water partition coefficient (Wildman–Crippen LogP) is 6.00. The molecule has 5 rings (SSSR count). The molecule has 0 spiro atoms. The first-order valence-corrected chi connectivity index (χ1v) is 11.5. The van der Waals surface area contributed by atoms with E-state index in [1.54, 1.807) is 23.9 Å². The van der Waals surface area contributed by atoms with Crippen molar-refractivity contribution in [3.8, 4) is 0 Å². The summed E-state index contributed by atoms with van der Waals surface area (Å²) in [5, 5.41) is 2.78. The van der Waals surface area contributed by atoms with Crippen LogP contribution in [0.4, 0.5) is 5.13 Å². The van der Waals surface area contributed by atoms with Crippen LogP contribution in [-0.4, -0.2) is 27.0 Å². The lowest BCUT2D eigenvalue weighted by Crippen LogP contribution is -2.32. The van der Waals surface area contributed by atoms with Crippen LogP contribution in [0.5, 0.6) is 0 Å². The zero-order valence-corrected chi connectivity index (χ0v) is 19.0. The number of thiazole rings is 1. The number of nitrogens with zero attached hydrogens (tertiary/aromatic N) is 4. The number of anilines is 1. The third kappa shape index (κ3) is 3.89. The molecule has 0 bridgehead atoms. The summed E-state index contributed by atoms with van der Waals surface area (Å²) in [4.78, 5) is 24.7. The van der Waals surface area contributed by atoms with Crippen LogP contribution in [0.2, 0.25) is 0 Å². The molecule has 5 aromatic rings. The number of aryl methyl sites for hydroxylation is 3. The molecule has 0 atom stereocenters. The SMILES string of the molecule is Cc1cc(C)c2nc(N(CCCn3ccnc3)C(=O)c3cccc4ccccc34)sc2c1. The fourth-order valence-electron chi connectivity index (χ4n) is 4.15. The Labute approximate surface area is 191 Å². The average Bonchev–Trinajstić information content (AvgIpc) is 3.46. The first-order valence-electron chi connectivity index (χ1n) is 10.7. The predicted molar refractivity (Wildman–Crippen MR) is 132 cm³/mol. The molecule has 3 aromatic carbocycles. The highest BCUT2D eigenvalue weighted by Gasteiger charge is 2.23. The summed E-state index contributed by atoms with van der Waals surface area (Å²) in [6, 6.07) is 18.2. The summed E-state index contributed by atoms with van der Waals surface area (Å²) < 4.78 is 3.15. The molecule has 5 nitrogen and oxygen atoms in total. The largest absolute Gasteiger partial charge is 0.337 e. The highest BCUT2D eigenvalue weighted by atomic mass is 32.1. The van der Waals surface area contributed by atoms with Gasteiger partial charge >= 0.3 is 0 Å². The van der Waals surface area contributed by atoms with Crippen molar-refractivity contribution in [2.24, 2.45) is 0 Å². The summed E-state index contributed by atoms with van der Waals surface area (Å²) in [6.07, 6.45) is 6.33. The van der Waals surface area contributed by atoms with Gasteiger partial charge in [-0.05, 0) is 54.3 Å². The first kappa shape index (κ1) is 20.4. The number of hydrogen-bond acceptors (Lipinski definition) is 4. The first-order chi connectivity index (χ1) is 15.6. The standard InChI is InChI=1S/C26H24N4OS/c1-18-15-19(2)24-23(16-18)32-26(28-24)30(13-6-12-29-14-11-27-17-29)25(31)22-10-5-8-20-7-3-4-9-21(20)22/h3-5,7-11,14-17H,6,12-13H2,1-2H3. The monoisotopic (exact) mass is 440 g/mol. The van der Waals surface area contributed by atoms with Crippen molar-refractivity contribution in [1.29, 1.82) is 0 Å². The molecule has 0 saturated heterocycles. The maximum atomic E-state index is 13.9. The van der Waals surface area contributed by atoms with E-state index in [2.05, 4.69) is 31.0 Å². The molecule has 0 aliphatic heterocycles. The Kier molecular flexibility index (Phi) is 5.45. The average molecular weight is 441 g/mol. The van der Waals surface area contributed by atoms with Gasteiger partial charge in [-0.1, -0.05) is 53.8 Å². The molecule has 1 amide bonds. The van der Waals surface area contributed by atoms with Gasteiger partial charge in [0.15, 0.2) is 5.13 Å². The second-order valence-electron chi connectivity index (χ2n) is 8.06. The van der Waals surface area contributed by atoms with Gasteiger partial charge in [-0.25, -0.2) is 9.97 Å². The molecule has 0 N–H and O–H groups in total. The normalized spacial score (nSPS) is 11.3. The van der Waals surface area contributed by atoms with Crippen LogP contribution in [0.3, 0.4) is 0 Å². The van der Waals surface area contributed by atoms with Crippen molar-refractivity contribution in [3.63, 3.8) is 0 Å². The lowest BCUT2D eigenvalue weighted by atomic mass is 10.0. The van der Waals surface area contributed by atoms with Crippen molar-refractivity contribution in [1.82, 2.24) is 14.5 Å². The van der Waals surface area contributed by atoms with Crippen LogP contribution in [0, 0.1) is 13.8 Å². The molecule has 0 aliphatic carbocycles. The second-order valence-corrected chi connectivity index (χ2v) is 9.07. The maximum absolute atomic E-state index is 13.9. The van der Waals surface area contributed by atoms with Gasteiger partial charge in [0.2, 0.25) is 0 Å². The summed E-state index contributed by atoms with van der Waals surface area (Å²) in [7, 11) is 0. The van der Waals surface area contributed by atoms with Crippen molar-refractivity contribution in [3.05, 3.63) is 90.0 Å². The molecule has 2 heterocycles. The van der Waals surface area contributed by atoms with Crippen LogP contribution in [0.25, 0.3) is 21.0 Å². The summed E-state index contributed by atoms with van der Waals surface area (Å²) in [5.74, 6) is -0.0131. The number of benzene rings is 3. The number of fused-ring (bicyclic) bond motifs is 2. The van der Waals surface area contributed by atoms with E-state index >= 15 is 0 Å². The van der Waals surface area contributed by atoms with Gasteiger partial charge < -0.3 is 4.57 Å². The molecular weight excluding hydrogens is 416 g/mol. The number of imidazole rings is 1. The molecular formula is C26H24N4OS. The number of carbonyl (C=O) groups is 1. The molecule has 0 aliphatic rings. The number of aromatic nitrogens is 3. The third-order valence-corrected chi connectivity index (χ3v) is 6.70. The van der Waals surface area contributed by atoms with Crippen LogP contribution >= 0.6 is 11.3 Å². The lowest BCUT2D eigenvalue weighted by molar-refractivity contribution is 0.0988. The number of rotatable bonds is 6. The van der Waals surface area contributed by atoms with Crippen molar-refractivity contribution in [2.75, 3.05) is 11.4 Å². The third-order valence-electron chi connectivity index (χ3n) is 5.67. The summed E-state index contributed by atoms with van der Waals surface area (Å²) >= 11 is 1.58. The van der Waals surface area contributed by atoms with E-state index in [1.165, 1.54) is 5.56 Å². The van der Waals surface area contributed by atoms with E-state index in [-0.39, 0.29) is 5.91 Å². The Hall–Kier alpha value is -3.51. The van der Waals surface area contributed by atoms with Gasteiger partial charge in [0.25, 0.3) is 5.91 Å². The molecule has 32 heavy (non-hydrogen) atoms. The Morgan fingerprint density at radius 3 is 2.78 bits per heavy atom. The van der Waals surface area contributed by atoms with Gasteiger partial charge in [-0.3, -0.25) is 9.69 Å². The molecule has 6 heteroatoms.